The Kier molecular flexibility index (Phi) is 10.3. The maximum atomic E-state index is 10.9. The summed E-state index contributed by atoms with van der Waals surface area (Å²) in [6, 6.07) is 8.20. The molecular weight excluding hydrogens is 524 g/mol. The van der Waals surface area contributed by atoms with Crippen molar-refractivity contribution in [2.75, 3.05) is 33.5 Å². The topological polar surface area (TPSA) is 168 Å². The molecule has 7 atom stereocenters. The van der Waals surface area contributed by atoms with Gasteiger partial charge in [0.2, 0.25) is 0 Å². The second-order valence-corrected chi connectivity index (χ2v) is 9.90. The summed E-state index contributed by atoms with van der Waals surface area (Å²) < 4.78 is 28.4. The van der Waals surface area contributed by atoms with Crippen LogP contribution < -0.4 is 9.47 Å². The largest absolute Gasteiger partial charge is 0.504 e. The van der Waals surface area contributed by atoms with Crippen LogP contribution in [0.15, 0.2) is 36.4 Å². The molecule has 0 spiro atoms. The lowest BCUT2D eigenvalue weighted by Gasteiger charge is -2.40. The summed E-state index contributed by atoms with van der Waals surface area (Å²) in [7, 11) is 1.43. The van der Waals surface area contributed by atoms with Crippen LogP contribution in [0.4, 0.5) is 0 Å². The summed E-state index contributed by atoms with van der Waals surface area (Å²) in [5.41, 5.74) is 1.97. The zero-order valence-corrected chi connectivity index (χ0v) is 22.6. The van der Waals surface area contributed by atoms with E-state index in [1.807, 2.05) is 18.2 Å². The number of unbranched alkanes of at least 4 members (excludes halogenated alkanes) is 1. The summed E-state index contributed by atoms with van der Waals surface area (Å²) in [6.45, 7) is 2.51. The molecular formula is C29H38O11. The molecule has 0 saturated carbocycles. The van der Waals surface area contributed by atoms with Gasteiger partial charge in [-0.3, -0.25) is 0 Å². The number of fused-ring (bicyclic) bond motifs is 1. The minimum absolute atomic E-state index is 0.0488. The first kappa shape index (κ1) is 30.1. The predicted molar refractivity (Wildman–Crippen MR) is 143 cm³/mol. The summed E-state index contributed by atoms with van der Waals surface area (Å²) in [4.78, 5) is 0. The van der Waals surface area contributed by atoms with E-state index in [9.17, 15) is 30.6 Å². The molecule has 2 aromatic rings. The van der Waals surface area contributed by atoms with Gasteiger partial charge in [0.15, 0.2) is 29.3 Å². The molecule has 2 aliphatic heterocycles. The summed E-state index contributed by atoms with van der Waals surface area (Å²) >= 11 is 0. The number of ether oxygens (including phenoxy) is 5. The van der Waals surface area contributed by atoms with Crippen molar-refractivity contribution >= 4 is 6.08 Å². The molecule has 0 amide bonds. The van der Waals surface area contributed by atoms with Crippen LogP contribution in [-0.2, 0) is 14.2 Å². The third-order valence-electron chi connectivity index (χ3n) is 7.12. The molecule has 2 aliphatic rings. The quantitative estimate of drug-likeness (QED) is 0.209. The van der Waals surface area contributed by atoms with Gasteiger partial charge in [0.1, 0.15) is 30.5 Å². The molecule has 0 unspecified atom stereocenters. The number of hydrogen-bond donors (Lipinski definition) is 6. The number of phenols is 2. The third kappa shape index (κ3) is 6.52. The molecule has 6 N–H and O–H groups in total. The first-order valence-electron chi connectivity index (χ1n) is 13.4. The highest BCUT2D eigenvalue weighted by molar-refractivity contribution is 5.62. The lowest BCUT2D eigenvalue weighted by Crippen LogP contribution is -2.59. The molecule has 220 valence electrons. The van der Waals surface area contributed by atoms with Crippen LogP contribution >= 0.6 is 0 Å². The van der Waals surface area contributed by atoms with Crippen molar-refractivity contribution in [2.24, 2.45) is 0 Å². The molecule has 40 heavy (non-hydrogen) atoms. The molecule has 0 bridgehead atoms. The highest BCUT2D eigenvalue weighted by Gasteiger charge is 2.45. The monoisotopic (exact) mass is 562 g/mol. The van der Waals surface area contributed by atoms with Crippen molar-refractivity contribution in [1.29, 1.82) is 0 Å². The van der Waals surface area contributed by atoms with E-state index < -0.39 is 49.3 Å². The van der Waals surface area contributed by atoms with Crippen LogP contribution in [0.5, 0.6) is 23.0 Å². The van der Waals surface area contributed by atoms with Gasteiger partial charge in [-0.05, 0) is 41.8 Å². The average Bonchev–Trinajstić information content (AvgIpc) is 3.32. The maximum absolute atomic E-state index is 10.9. The Morgan fingerprint density at radius 3 is 2.52 bits per heavy atom. The maximum Gasteiger partial charge on any atom is 0.186 e. The highest BCUT2D eigenvalue weighted by atomic mass is 16.7. The zero-order valence-electron chi connectivity index (χ0n) is 22.6. The van der Waals surface area contributed by atoms with E-state index in [0.717, 1.165) is 12.8 Å². The van der Waals surface area contributed by atoms with Crippen LogP contribution in [0.2, 0.25) is 0 Å². The zero-order chi connectivity index (χ0) is 28.8. The molecule has 1 saturated heterocycles. The fraction of sp³-hybridized carbons (Fsp3) is 0.517. The third-order valence-corrected chi connectivity index (χ3v) is 7.12. The Morgan fingerprint density at radius 1 is 1.00 bits per heavy atom. The Morgan fingerprint density at radius 2 is 1.80 bits per heavy atom. The highest BCUT2D eigenvalue weighted by Crippen LogP contribution is 2.51. The van der Waals surface area contributed by atoms with E-state index in [4.69, 9.17) is 23.7 Å². The molecule has 0 aromatic heterocycles. The van der Waals surface area contributed by atoms with Crippen LogP contribution in [0.3, 0.4) is 0 Å². The van der Waals surface area contributed by atoms with E-state index >= 15 is 0 Å². The SMILES string of the molecule is CCCCOCC=Cc1cc(O)c2c(c1)[C@@H](CO[C@@H]1O[C@H](CO)[C@@H](O)[C@H](O)[C@H]1O)[C@H](c1ccc(O)c(OC)c1)O2. The van der Waals surface area contributed by atoms with Crippen LogP contribution in [0, 0.1) is 0 Å². The normalized spacial score (nSPS) is 28.0. The number of benzene rings is 2. The van der Waals surface area contributed by atoms with Gasteiger partial charge in [0.05, 0.1) is 32.8 Å². The molecule has 11 heteroatoms. The number of methoxy groups -OCH3 is 1. The van der Waals surface area contributed by atoms with Crippen molar-refractivity contribution in [2.45, 2.75) is 62.5 Å². The van der Waals surface area contributed by atoms with Crippen molar-refractivity contribution in [3.05, 3.63) is 53.1 Å². The van der Waals surface area contributed by atoms with Crippen molar-refractivity contribution in [1.82, 2.24) is 0 Å². The second kappa shape index (κ2) is 13.6. The molecule has 2 aromatic carbocycles. The van der Waals surface area contributed by atoms with E-state index in [2.05, 4.69) is 6.92 Å². The Balaban J connectivity index is 1.61. The van der Waals surface area contributed by atoms with Gasteiger partial charge >= 0.3 is 0 Å². The van der Waals surface area contributed by atoms with Crippen molar-refractivity contribution in [3.8, 4) is 23.0 Å². The fourth-order valence-electron chi connectivity index (χ4n) is 4.86. The first-order valence-corrected chi connectivity index (χ1v) is 13.4. The number of aliphatic hydroxyl groups excluding tert-OH is 4. The van der Waals surface area contributed by atoms with Gasteiger partial charge in [0, 0.05) is 12.2 Å². The smallest absolute Gasteiger partial charge is 0.186 e. The fourth-order valence-corrected chi connectivity index (χ4v) is 4.86. The number of phenolic OH excluding ortho intramolecular Hbond substituents is 2. The van der Waals surface area contributed by atoms with Gasteiger partial charge in [0.25, 0.3) is 0 Å². The number of aliphatic hydroxyl groups is 4. The van der Waals surface area contributed by atoms with Gasteiger partial charge < -0.3 is 54.3 Å². The van der Waals surface area contributed by atoms with Crippen molar-refractivity contribution in [3.63, 3.8) is 0 Å². The molecule has 1 fully saturated rings. The minimum Gasteiger partial charge on any atom is -0.504 e. The van der Waals surface area contributed by atoms with Gasteiger partial charge in [-0.1, -0.05) is 31.6 Å². The predicted octanol–water partition coefficient (Wildman–Crippen LogP) is 1.97. The van der Waals surface area contributed by atoms with Gasteiger partial charge in [-0.25, -0.2) is 0 Å². The molecule has 0 aliphatic carbocycles. The molecule has 2 heterocycles. The van der Waals surface area contributed by atoms with Crippen LogP contribution in [-0.4, -0.2) is 94.9 Å². The van der Waals surface area contributed by atoms with Crippen LogP contribution in [0.25, 0.3) is 6.08 Å². The second-order valence-electron chi connectivity index (χ2n) is 9.90. The first-order chi connectivity index (χ1) is 19.3. The molecule has 4 rings (SSSR count). The average molecular weight is 563 g/mol. The summed E-state index contributed by atoms with van der Waals surface area (Å²) in [5, 5.41) is 61.2. The summed E-state index contributed by atoms with van der Waals surface area (Å²) in [6.07, 6.45) is -2.09. The van der Waals surface area contributed by atoms with Crippen molar-refractivity contribution < 1.29 is 54.3 Å². The lowest BCUT2D eigenvalue weighted by atomic mass is 9.90. The van der Waals surface area contributed by atoms with E-state index in [1.54, 1.807) is 18.2 Å². The lowest BCUT2D eigenvalue weighted by molar-refractivity contribution is -0.302. The van der Waals surface area contributed by atoms with E-state index in [1.165, 1.54) is 13.2 Å². The van der Waals surface area contributed by atoms with Crippen LogP contribution in [0.1, 0.15) is 48.5 Å². The number of hydrogen-bond acceptors (Lipinski definition) is 11. The summed E-state index contributed by atoms with van der Waals surface area (Å²) in [5.74, 6) is -0.156. The van der Waals surface area contributed by atoms with Gasteiger partial charge in [-0.2, -0.15) is 0 Å². The Hall–Kier alpha value is -2.90. The van der Waals surface area contributed by atoms with E-state index in [-0.39, 0.29) is 29.6 Å². The Labute approximate surface area is 232 Å². The minimum atomic E-state index is -1.58. The number of aromatic hydroxyl groups is 2. The standard InChI is InChI=1S/C29H38O11/c1-3-4-9-37-10-5-6-16-11-18-19(15-38-29-26(35)25(34)24(33)23(14-30)39-29)27(40-28(18)21(32)12-16)17-7-8-20(31)22(13-17)36-2/h5-8,11-13,19,23-27,29-35H,3-4,9-10,14-15H2,1-2H3/t19-,23-,24-,25+,26-,27+,29-/m1/s1. The molecule has 0 radical (unpaired) electrons. The Bertz CT molecular complexity index is 1150. The molecule has 11 nitrogen and oxygen atoms in total. The van der Waals surface area contributed by atoms with E-state index in [0.29, 0.717) is 29.9 Å². The number of rotatable bonds is 12. The van der Waals surface area contributed by atoms with Gasteiger partial charge in [-0.15, -0.1) is 0 Å².